The van der Waals surface area contributed by atoms with Gasteiger partial charge in [0.15, 0.2) is 0 Å². The van der Waals surface area contributed by atoms with Gasteiger partial charge in [-0.15, -0.1) is 0 Å². The number of likely N-dealkylation sites (tertiary alicyclic amines) is 1. The number of ether oxygens (including phenoxy) is 1. The van der Waals surface area contributed by atoms with Crippen molar-refractivity contribution in [3.8, 4) is 0 Å². The van der Waals surface area contributed by atoms with E-state index in [1.807, 2.05) is 0 Å². The van der Waals surface area contributed by atoms with Crippen LogP contribution < -0.4 is 20.3 Å². The zero-order valence-electron chi connectivity index (χ0n) is 19.4. The summed E-state index contributed by atoms with van der Waals surface area (Å²) in [6, 6.07) is 11.1. The first-order valence-corrected chi connectivity index (χ1v) is 13.5. The SMILES string of the molecule is CS(=O)(=O)N[C@@H]1C[C@H](C(=O)Nc2ccc(N3CCOCC3=O)cc2)N(C(=O)Nc2ccc(Cl)cc2)C1. The first-order chi connectivity index (χ1) is 17.1. The number of urea groups is 1. The van der Waals surface area contributed by atoms with E-state index in [1.54, 1.807) is 53.4 Å². The van der Waals surface area contributed by atoms with Gasteiger partial charge in [-0.25, -0.2) is 17.9 Å². The number of anilines is 3. The summed E-state index contributed by atoms with van der Waals surface area (Å²) in [7, 11) is -3.54. The molecule has 4 amide bonds. The lowest BCUT2D eigenvalue weighted by Gasteiger charge is -2.27. The Morgan fingerprint density at radius 1 is 1.03 bits per heavy atom. The molecule has 2 aromatic carbocycles. The van der Waals surface area contributed by atoms with E-state index in [1.165, 1.54) is 4.90 Å². The Bertz CT molecular complexity index is 1240. The van der Waals surface area contributed by atoms with Crippen LogP contribution in [0.15, 0.2) is 48.5 Å². The summed E-state index contributed by atoms with van der Waals surface area (Å²) in [5, 5.41) is 6.00. The average molecular weight is 536 g/mol. The molecule has 2 saturated heterocycles. The molecular formula is C23H26ClN5O6S. The van der Waals surface area contributed by atoms with E-state index in [4.69, 9.17) is 16.3 Å². The van der Waals surface area contributed by atoms with E-state index < -0.39 is 34.0 Å². The molecule has 0 aromatic heterocycles. The van der Waals surface area contributed by atoms with Crippen LogP contribution in [0.4, 0.5) is 21.9 Å². The van der Waals surface area contributed by atoms with Crippen molar-refractivity contribution < 1.29 is 27.5 Å². The van der Waals surface area contributed by atoms with Crippen molar-refractivity contribution in [1.29, 1.82) is 0 Å². The van der Waals surface area contributed by atoms with Crippen LogP contribution >= 0.6 is 11.6 Å². The van der Waals surface area contributed by atoms with Gasteiger partial charge >= 0.3 is 6.03 Å². The van der Waals surface area contributed by atoms with Gasteiger partial charge in [-0.05, 0) is 55.0 Å². The molecule has 0 aliphatic carbocycles. The predicted molar refractivity (Wildman–Crippen MR) is 136 cm³/mol. The van der Waals surface area contributed by atoms with Crippen molar-refractivity contribution in [3.05, 3.63) is 53.6 Å². The predicted octanol–water partition coefficient (Wildman–Crippen LogP) is 1.87. The first kappa shape index (κ1) is 25.9. The molecule has 0 radical (unpaired) electrons. The molecule has 2 aliphatic heterocycles. The van der Waals surface area contributed by atoms with Crippen LogP contribution in [0.1, 0.15) is 6.42 Å². The number of hydrogen-bond donors (Lipinski definition) is 3. The van der Waals surface area contributed by atoms with Crippen molar-refractivity contribution >= 4 is 56.5 Å². The highest BCUT2D eigenvalue weighted by molar-refractivity contribution is 7.88. The lowest BCUT2D eigenvalue weighted by molar-refractivity contribution is -0.125. The molecule has 11 nitrogen and oxygen atoms in total. The molecule has 2 aromatic rings. The number of carbonyl (C=O) groups is 3. The quantitative estimate of drug-likeness (QED) is 0.516. The molecule has 192 valence electrons. The number of amides is 4. The van der Waals surface area contributed by atoms with Crippen LogP contribution in [0, 0.1) is 0 Å². The zero-order chi connectivity index (χ0) is 25.9. The normalized spacial score (nSPS) is 20.3. The third kappa shape index (κ3) is 6.52. The highest BCUT2D eigenvalue weighted by Gasteiger charge is 2.40. The maximum atomic E-state index is 13.2. The van der Waals surface area contributed by atoms with E-state index >= 15 is 0 Å². The smallest absolute Gasteiger partial charge is 0.322 e. The number of nitrogens with zero attached hydrogens (tertiary/aromatic N) is 2. The average Bonchev–Trinajstić information content (AvgIpc) is 3.24. The second-order valence-corrected chi connectivity index (χ2v) is 10.8. The zero-order valence-corrected chi connectivity index (χ0v) is 21.0. The van der Waals surface area contributed by atoms with Crippen LogP contribution in [0.2, 0.25) is 5.02 Å². The standard InChI is InChI=1S/C23H26ClN5O6S/c1-36(33,34)27-18-12-20(29(13-18)23(32)26-17-4-2-15(24)3-5-17)22(31)25-16-6-8-19(9-7-16)28-10-11-35-14-21(28)30/h2-9,18,20,27H,10-14H2,1H3,(H,25,31)(H,26,32)/t18-,20-/m1/s1. The monoisotopic (exact) mass is 535 g/mol. The molecule has 0 saturated carbocycles. The topological polar surface area (TPSA) is 137 Å². The number of morpholine rings is 1. The molecule has 2 aliphatic rings. The van der Waals surface area contributed by atoms with Gasteiger partial charge in [-0.3, -0.25) is 9.59 Å². The number of halogens is 1. The van der Waals surface area contributed by atoms with Gasteiger partial charge in [0.25, 0.3) is 5.91 Å². The molecule has 0 bridgehead atoms. The number of carbonyl (C=O) groups excluding carboxylic acids is 3. The van der Waals surface area contributed by atoms with Crippen molar-refractivity contribution in [2.45, 2.75) is 18.5 Å². The summed E-state index contributed by atoms with van der Waals surface area (Å²) in [6.07, 6.45) is 1.13. The summed E-state index contributed by atoms with van der Waals surface area (Å²) >= 11 is 5.89. The van der Waals surface area contributed by atoms with E-state index in [2.05, 4.69) is 15.4 Å². The van der Waals surface area contributed by atoms with E-state index in [0.29, 0.717) is 35.2 Å². The number of sulfonamides is 1. The second-order valence-electron chi connectivity index (χ2n) is 8.56. The maximum Gasteiger partial charge on any atom is 0.322 e. The minimum Gasteiger partial charge on any atom is -0.370 e. The van der Waals surface area contributed by atoms with Crippen LogP contribution in [-0.4, -0.2) is 75.8 Å². The number of rotatable bonds is 6. The summed E-state index contributed by atoms with van der Waals surface area (Å²) in [5.74, 6) is -0.606. The second kappa shape index (κ2) is 10.8. The van der Waals surface area contributed by atoms with Gasteiger partial charge in [-0.2, -0.15) is 0 Å². The number of benzene rings is 2. The Morgan fingerprint density at radius 2 is 1.67 bits per heavy atom. The van der Waals surface area contributed by atoms with Gasteiger partial charge in [0.05, 0.1) is 12.9 Å². The third-order valence-electron chi connectivity index (χ3n) is 5.77. The molecule has 0 unspecified atom stereocenters. The number of nitrogens with one attached hydrogen (secondary N) is 3. The van der Waals surface area contributed by atoms with E-state index in [9.17, 15) is 22.8 Å². The maximum absolute atomic E-state index is 13.2. The Labute approximate surface area is 213 Å². The lowest BCUT2D eigenvalue weighted by atomic mass is 10.1. The summed E-state index contributed by atoms with van der Waals surface area (Å²) in [4.78, 5) is 41.1. The summed E-state index contributed by atoms with van der Waals surface area (Å²) in [6.45, 7) is 0.932. The van der Waals surface area contributed by atoms with Crippen molar-refractivity contribution in [2.75, 3.05) is 48.1 Å². The fourth-order valence-corrected chi connectivity index (χ4v) is 5.07. The fraction of sp³-hybridized carbons (Fsp3) is 0.348. The number of hydrogen-bond acceptors (Lipinski definition) is 6. The molecule has 13 heteroatoms. The van der Waals surface area contributed by atoms with Crippen LogP contribution in [0.25, 0.3) is 0 Å². The van der Waals surface area contributed by atoms with Crippen molar-refractivity contribution in [2.24, 2.45) is 0 Å². The highest BCUT2D eigenvalue weighted by Crippen LogP contribution is 2.24. The molecule has 3 N–H and O–H groups in total. The molecular weight excluding hydrogens is 510 g/mol. The van der Waals surface area contributed by atoms with Gasteiger partial charge in [0, 0.05) is 41.2 Å². The van der Waals surface area contributed by atoms with Crippen molar-refractivity contribution in [1.82, 2.24) is 9.62 Å². The van der Waals surface area contributed by atoms with Gasteiger partial charge < -0.3 is 25.2 Å². The Kier molecular flexibility index (Phi) is 7.79. The van der Waals surface area contributed by atoms with Gasteiger partial charge in [0.1, 0.15) is 12.6 Å². The van der Waals surface area contributed by atoms with E-state index in [0.717, 1.165) is 6.26 Å². The van der Waals surface area contributed by atoms with Crippen LogP contribution in [-0.2, 0) is 24.3 Å². The Morgan fingerprint density at radius 3 is 2.31 bits per heavy atom. The fourth-order valence-electron chi connectivity index (χ4n) is 4.17. The molecule has 2 heterocycles. The summed E-state index contributed by atoms with van der Waals surface area (Å²) < 4.78 is 31.1. The van der Waals surface area contributed by atoms with Gasteiger partial charge in [-0.1, -0.05) is 11.6 Å². The minimum atomic E-state index is -3.54. The summed E-state index contributed by atoms with van der Waals surface area (Å²) in [5.41, 5.74) is 1.64. The third-order valence-corrected chi connectivity index (χ3v) is 6.79. The minimum absolute atomic E-state index is 0.0165. The van der Waals surface area contributed by atoms with Gasteiger partial charge in [0.2, 0.25) is 15.9 Å². The lowest BCUT2D eigenvalue weighted by Crippen LogP contribution is -2.45. The van der Waals surface area contributed by atoms with Crippen LogP contribution in [0.5, 0.6) is 0 Å². The molecule has 2 fully saturated rings. The van der Waals surface area contributed by atoms with E-state index in [-0.39, 0.29) is 25.5 Å². The Balaban J connectivity index is 1.47. The molecule has 4 rings (SSSR count). The highest BCUT2D eigenvalue weighted by atomic mass is 35.5. The van der Waals surface area contributed by atoms with Crippen LogP contribution in [0.3, 0.4) is 0 Å². The molecule has 2 atom stereocenters. The first-order valence-electron chi connectivity index (χ1n) is 11.2. The van der Waals surface area contributed by atoms with Crippen molar-refractivity contribution in [3.63, 3.8) is 0 Å². The molecule has 0 spiro atoms. The molecule has 36 heavy (non-hydrogen) atoms. The largest absolute Gasteiger partial charge is 0.370 e. The Hall–Kier alpha value is -3.19.